The maximum Gasteiger partial charge on any atom is 0.337 e. The van der Waals surface area contributed by atoms with Crippen molar-refractivity contribution >= 4 is 17.0 Å². The number of rotatable bonds is 2. The lowest BCUT2D eigenvalue weighted by Gasteiger charge is -1.99. The Morgan fingerprint density at radius 2 is 2.08 bits per heavy atom. The van der Waals surface area contributed by atoms with Gasteiger partial charge in [0, 0.05) is 18.1 Å². The third kappa shape index (κ3) is 1.65. The summed E-state index contributed by atoms with van der Waals surface area (Å²) in [5.74, 6) is -0.982. The molecule has 13 heavy (non-hydrogen) atoms. The molecule has 0 saturated carbocycles. The molecular weight excluding hydrogens is 190 g/mol. The summed E-state index contributed by atoms with van der Waals surface area (Å²) in [5.41, 5.74) is 1.62. The molecule has 1 atom stereocenters. The highest BCUT2D eigenvalue weighted by atomic mass is 32.2. The summed E-state index contributed by atoms with van der Waals surface area (Å²) in [5, 5.41) is 8.77. The minimum atomic E-state index is -1.19. The SMILES string of the molecule is Cc1c(C(=O)O)cn(S(C)=O)c1C. The van der Waals surface area contributed by atoms with E-state index < -0.39 is 17.0 Å². The molecule has 0 fully saturated rings. The van der Waals surface area contributed by atoms with Gasteiger partial charge in [0.2, 0.25) is 0 Å². The molecule has 1 N–H and O–H groups in total. The van der Waals surface area contributed by atoms with E-state index in [0.29, 0.717) is 5.56 Å². The van der Waals surface area contributed by atoms with Crippen LogP contribution in [0.5, 0.6) is 0 Å². The molecule has 0 aromatic carbocycles. The van der Waals surface area contributed by atoms with E-state index in [1.807, 2.05) is 0 Å². The molecule has 0 aliphatic carbocycles. The maximum absolute atomic E-state index is 11.1. The van der Waals surface area contributed by atoms with E-state index in [1.165, 1.54) is 16.4 Å². The fourth-order valence-electron chi connectivity index (χ4n) is 1.15. The van der Waals surface area contributed by atoms with Gasteiger partial charge in [-0.3, -0.25) is 3.97 Å². The zero-order chi connectivity index (χ0) is 10.2. The number of carboxylic acids is 1. The first kappa shape index (κ1) is 9.98. The molecule has 1 unspecified atom stereocenters. The van der Waals surface area contributed by atoms with E-state index in [1.54, 1.807) is 13.8 Å². The van der Waals surface area contributed by atoms with Crippen LogP contribution in [0.2, 0.25) is 0 Å². The molecular formula is C8H11NO3S. The van der Waals surface area contributed by atoms with Crippen molar-refractivity contribution in [2.24, 2.45) is 0 Å². The molecule has 4 nitrogen and oxygen atoms in total. The molecule has 0 spiro atoms. The lowest BCUT2D eigenvalue weighted by atomic mass is 10.2. The molecule has 0 saturated heterocycles. The van der Waals surface area contributed by atoms with Crippen molar-refractivity contribution in [1.29, 1.82) is 0 Å². The number of aromatic carboxylic acids is 1. The van der Waals surface area contributed by atoms with Crippen molar-refractivity contribution in [2.75, 3.05) is 6.26 Å². The summed E-state index contributed by atoms with van der Waals surface area (Å²) in [6, 6.07) is 0. The smallest absolute Gasteiger partial charge is 0.337 e. The van der Waals surface area contributed by atoms with Gasteiger partial charge in [-0.2, -0.15) is 0 Å². The van der Waals surface area contributed by atoms with Gasteiger partial charge in [0.25, 0.3) is 0 Å². The first-order chi connectivity index (χ1) is 5.95. The van der Waals surface area contributed by atoms with Crippen LogP contribution in [0, 0.1) is 13.8 Å². The molecule has 1 heterocycles. The van der Waals surface area contributed by atoms with Crippen molar-refractivity contribution in [3.8, 4) is 0 Å². The number of carbonyl (C=O) groups is 1. The topological polar surface area (TPSA) is 59.3 Å². The number of aromatic nitrogens is 1. The standard InChI is InChI=1S/C8H11NO3S/c1-5-6(2)9(13(3)12)4-7(5)8(10)11/h4H,1-3H3,(H,10,11). The first-order valence-electron chi connectivity index (χ1n) is 3.71. The van der Waals surface area contributed by atoms with Gasteiger partial charge >= 0.3 is 5.97 Å². The minimum absolute atomic E-state index is 0.215. The van der Waals surface area contributed by atoms with Crippen molar-refractivity contribution in [3.63, 3.8) is 0 Å². The molecule has 5 heteroatoms. The average molecular weight is 201 g/mol. The highest BCUT2D eigenvalue weighted by molar-refractivity contribution is 7.82. The second-order valence-electron chi connectivity index (χ2n) is 2.81. The van der Waals surface area contributed by atoms with Crippen molar-refractivity contribution in [1.82, 2.24) is 3.97 Å². The normalized spacial score (nSPS) is 12.8. The predicted octanol–water partition coefficient (Wildman–Crippen LogP) is 0.945. The van der Waals surface area contributed by atoms with Crippen LogP contribution in [0.1, 0.15) is 21.6 Å². The van der Waals surface area contributed by atoms with E-state index in [9.17, 15) is 9.00 Å². The Morgan fingerprint density at radius 3 is 2.31 bits per heavy atom. The Balaban J connectivity index is 3.36. The quantitative estimate of drug-likeness (QED) is 0.774. The van der Waals surface area contributed by atoms with Crippen molar-refractivity contribution in [2.45, 2.75) is 13.8 Å². The Morgan fingerprint density at radius 1 is 1.54 bits per heavy atom. The zero-order valence-electron chi connectivity index (χ0n) is 7.70. The van der Waals surface area contributed by atoms with Crippen LogP contribution in [0.4, 0.5) is 0 Å². The van der Waals surface area contributed by atoms with E-state index in [4.69, 9.17) is 5.11 Å². The highest BCUT2D eigenvalue weighted by Crippen LogP contribution is 2.16. The number of hydrogen-bond acceptors (Lipinski definition) is 2. The monoisotopic (exact) mass is 201 g/mol. The molecule has 0 amide bonds. The molecule has 72 valence electrons. The summed E-state index contributed by atoms with van der Waals surface area (Å²) in [7, 11) is -1.19. The third-order valence-electron chi connectivity index (χ3n) is 2.03. The van der Waals surface area contributed by atoms with Gasteiger partial charge in [0.15, 0.2) is 0 Å². The molecule has 1 aromatic rings. The molecule has 0 aliphatic heterocycles. The van der Waals surface area contributed by atoms with Crippen LogP contribution >= 0.6 is 0 Å². The fourth-order valence-corrected chi connectivity index (χ4v) is 1.93. The van der Waals surface area contributed by atoms with Gasteiger partial charge < -0.3 is 5.11 Å². The van der Waals surface area contributed by atoms with Gasteiger partial charge in [-0.25, -0.2) is 9.00 Å². The van der Waals surface area contributed by atoms with E-state index in [-0.39, 0.29) is 5.56 Å². The predicted molar refractivity (Wildman–Crippen MR) is 50.3 cm³/mol. The summed E-state index contributed by atoms with van der Waals surface area (Å²) in [6.07, 6.45) is 2.92. The third-order valence-corrected chi connectivity index (χ3v) is 2.96. The van der Waals surface area contributed by atoms with Crippen LogP contribution in [-0.2, 0) is 11.0 Å². The van der Waals surface area contributed by atoms with Gasteiger partial charge in [-0.05, 0) is 19.4 Å². The largest absolute Gasteiger partial charge is 0.478 e. The fraction of sp³-hybridized carbons (Fsp3) is 0.375. The zero-order valence-corrected chi connectivity index (χ0v) is 8.51. The van der Waals surface area contributed by atoms with Gasteiger partial charge in [-0.1, -0.05) is 0 Å². The van der Waals surface area contributed by atoms with Crippen LogP contribution in [0.15, 0.2) is 6.20 Å². The molecule has 0 bridgehead atoms. The van der Waals surface area contributed by atoms with Crippen LogP contribution < -0.4 is 0 Å². The van der Waals surface area contributed by atoms with E-state index >= 15 is 0 Å². The second-order valence-corrected chi connectivity index (χ2v) is 4.05. The number of nitrogens with zero attached hydrogens (tertiary/aromatic N) is 1. The summed E-state index contributed by atoms with van der Waals surface area (Å²) in [6.45, 7) is 3.46. The van der Waals surface area contributed by atoms with Crippen LogP contribution in [-0.4, -0.2) is 25.5 Å². The van der Waals surface area contributed by atoms with Gasteiger partial charge in [0.1, 0.15) is 11.0 Å². The molecule has 1 rings (SSSR count). The lowest BCUT2D eigenvalue weighted by Crippen LogP contribution is -2.02. The molecule has 1 aromatic heterocycles. The first-order valence-corrected chi connectivity index (χ1v) is 5.22. The Kier molecular flexibility index (Phi) is 2.56. The van der Waals surface area contributed by atoms with Gasteiger partial charge in [-0.15, -0.1) is 0 Å². The van der Waals surface area contributed by atoms with E-state index in [0.717, 1.165) is 5.69 Å². The summed E-state index contributed by atoms with van der Waals surface area (Å²) >= 11 is 0. The maximum atomic E-state index is 11.1. The average Bonchev–Trinajstić information content (AvgIpc) is 2.29. The number of carboxylic acid groups (broad SMARTS) is 1. The second kappa shape index (κ2) is 3.33. The van der Waals surface area contributed by atoms with Gasteiger partial charge in [0.05, 0.1) is 5.56 Å². The number of hydrogen-bond donors (Lipinski definition) is 1. The molecule has 0 aliphatic rings. The van der Waals surface area contributed by atoms with Crippen molar-refractivity contribution < 1.29 is 14.1 Å². The Hall–Kier alpha value is -1.10. The highest BCUT2D eigenvalue weighted by Gasteiger charge is 2.15. The molecule has 0 radical (unpaired) electrons. The minimum Gasteiger partial charge on any atom is -0.478 e. The lowest BCUT2D eigenvalue weighted by molar-refractivity contribution is 0.0696. The van der Waals surface area contributed by atoms with Crippen molar-refractivity contribution in [3.05, 3.63) is 23.0 Å². The summed E-state index contributed by atoms with van der Waals surface area (Å²) in [4.78, 5) is 10.7. The Bertz CT molecular complexity index is 346. The van der Waals surface area contributed by atoms with Crippen LogP contribution in [0.25, 0.3) is 0 Å². The Labute approximate surface area is 78.8 Å². The van der Waals surface area contributed by atoms with Crippen LogP contribution in [0.3, 0.4) is 0 Å². The van der Waals surface area contributed by atoms with E-state index in [2.05, 4.69) is 0 Å². The summed E-state index contributed by atoms with van der Waals surface area (Å²) < 4.78 is 12.6.